The Morgan fingerprint density at radius 2 is 2.00 bits per heavy atom. The number of methoxy groups -OCH3 is 1. The van der Waals surface area contributed by atoms with Gasteiger partial charge in [0.05, 0.1) is 6.61 Å². The second-order valence-corrected chi connectivity index (χ2v) is 4.09. The second-order valence-electron chi connectivity index (χ2n) is 4.09. The summed E-state index contributed by atoms with van der Waals surface area (Å²) >= 11 is 0. The minimum absolute atomic E-state index is 0.269. The van der Waals surface area contributed by atoms with Gasteiger partial charge in [-0.05, 0) is 19.1 Å². The largest absolute Gasteiger partial charge is 0.494 e. The quantitative estimate of drug-likeness (QED) is 0.596. The molecule has 112 valence electrons. The minimum Gasteiger partial charge on any atom is -0.494 e. The van der Waals surface area contributed by atoms with E-state index in [9.17, 15) is 0 Å². The van der Waals surface area contributed by atoms with Crippen LogP contribution >= 0.6 is 0 Å². The Hall–Kier alpha value is -2.38. The number of hydrogen-bond donors (Lipinski definition) is 2. The number of ether oxygens (including phenoxy) is 3. The minimum atomic E-state index is 0.269. The maximum Gasteiger partial charge on any atom is 0.224 e. The summed E-state index contributed by atoms with van der Waals surface area (Å²) in [7, 11) is 1.57. The highest BCUT2D eigenvalue weighted by molar-refractivity contribution is 5.40. The Labute approximate surface area is 123 Å². The summed E-state index contributed by atoms with van der Waals surface area (Å²) in [6, 6.07) is 8.92. The fraction of sp³-hybridized carbons (Fsp3) is 0.286. The first-order valence-corrected chi connectivity index (χ1v) is 6.49. The van der Waals surface area contributed by atoms with Gasteiger partial charge >= 0.3 is 0 Å². The average Bonchev–Trinajstić information content (AvgIpc) is 2.48. The summed E-state index contributed by atoms with van der Waals surface area (Å²) < 4.78 is 16.2. The Kier molecular flexibility index (Phi) is 5.30. The number of rotatable bonds is 7. The third-order valence-electron chi connectivity index (χ3n) is 2.51. The zero-order valence-electron chi connectivity index (χ0n) is 12.0. The first-order chi connectivity index (χ1) is 10.2. The highest BCUT2D eigenvalue weighted by atomic mass is 16.5. The van der Waals surface area contributed by atoms with Crippen molar-refractivity contribution < 1.29 is 14.2 Å². The van der Waals surface area contributed by atoms with E-state index in [0.29, 0.717) is 29.9 Å². The molecular formula is C14H18N4O3. The molecule has 0 saturated carbocycles. The maximum absolute atomic E-state index is 5.71. The van der Waals surface area contributed by atoms with Gasteiger partial charge in [0.25, 0.3) is 0 Å². The molecule has 0 radical (unpaired) electrons. The van der Waals surface area contributed by atoms with E-state index in [2.05, 4.69) is 15.4 Å². The van der Waals surface area contributed by atoms with Gasteiger partial charge in [0.15, 0.2) is 5.82 Å². The van der Waals surface area contributed by atoms with Crippen molar-refractivity contribution in [2.45, 2.75) is 13.5 Å². The van der Waals surface area contributed by atoms with Gasteiger partial charge in [0, 0.05) is 19.2 Å². The smallest absolute Gasteiger partial charge is 0.224 e. The summed E-state index contributed by atoms with van der Waals surface area (Å²) in [6.45, 7) is 2.79. The lowest BCUT2D eigenvalue weighted by Gasteiger charge is -2.10. The van der Waals surface area contributed by atoms with E-state index in [0.717, 1.165) is 5.75 Å². The zero-order valence-corrected chi connectivity index (χ0v) is 12.0. The summed E-state index contributed by atoms with van der Waals surface area (Å²) in [5.74, 6) is 8.04. The predicted molar refractivity (Wildman–Crippen MR) is 78.2 cm³/mol. The first kappa shape index (κ1) is 15.0. The van der Waals surface area contributed by atoms with Crippen LogP contribution in [0.4, 0.5) is 5.82 Å². The Morgan fingerprint density at radius 3 is 2.71 bits per heavy atom. The molecule has 0 saturated heterocycles. The predicted octanol–water partition coefficient (Wildman–Crippen LogP) is 2.10. The van der Waals surface area contributed by atoms with E-state index in [-0.39, 0.29) is 6.61 Å². The van der Waals surface area contributed by atoms with Crippen LogP contribution in [0.1, 0.15) is 12.7 Å². The topological polar surface area (TPSA) is 91.5 Å². The van der Waals surface area contributed by atoms with E-state index >= 15 is 0 Å². The normalized spacial score (nSPS) is 10.2. The molecule has 7 nitrogen and oxygen atoms in total. The van der Waals surface area contributed by atoms with Gasteiger partial charge in [-0.3, -0.25) is 0 Å². The summed E-state index contributed by atoms with van der Waals surface area (Å²) in [6.07, 6.45) is 0. The van der Waals surface area contributed by atoms with Gasteiger partial charge in [-0.25, -0.2) is 10.8 Å². The number of nitrogen functional groups attached to an aromatic ring is 1. The van der Waals surface area contributed by atoms with Crippen molar-refractivity contribution >= 4 is 5.82 Å². The Morgan fingerprint density at radius 1 is 1.19 bits per heavy atom. The molecule has 0 bridgehead atoms. The lowest BCUT2D eigenvalue weighted by atomic mass is 10.3. The van der Waals surface area contributed by atoms with Crippen molar-refractivity contribution in [1.29, 1.82) is 0 Å². The molecular weight excluding hydrogens is 272 g/mol. The number of anilines is 1. The molecule has 21 heavy (non-hydrogen) atoms. The number of nitrogens with one attached hydrogen (secondary N) is 1. The van der Waals surface area contributed by atoms with Crippen molar-refractivity contribution in [3.8, 4) is 17.4 Å². The molecule has 0 atom stereocenters. The molecule has 1 aromatic carbocycles. The number of benzene rings is 1. The van der Waals surface area contributed by atoms with Crippen molar-refractivity contribution in [3.63, 3.8) is 0 Å². The van der Waals surface area contributed by atoms with Crippen LogP contribution in [0.3, 0.4) is 0 Å². The van der Waals surface area contributed by atoms with Gasteiger partial charge < -0.3 is 19.6 Å². The Balaban J connectivity index is 2.21. The van der Waals surface area contributed by atoms with Gasteiger partial charge in [0.2, 0.25) is 5.88 Å². The molecule has 0 aliphatic carbocycles. The van der Waals surface area contributed by atoms with E-state index in [1.807, 2.05) is 25.1 Å². The first-order valence-electron chi connectivity index (χ1n) is 6.49. The molecule has 1 aromatic heterocycles. The van der Waals surface area contributed by atoms with Crippen molar-refractivity contribution in [2.24, 2.45) is 5.84 Å². The van der Waals surface area contributed by atoms with Gasteiger partial charge in [-0.1, -0.05) is 6.07 Å². The molecule has 0 fully saturated rings. The van der Waals surface area contributed by atoms with Crippen LogP contribution in [-0.2, 0) is 11.3 Å². The molecule has 2 aromatic rings. The van der Waals surface area contributed by atoms with Crippen LogP contribution in [0, 0.1) is 0 Å². The lowest BCUT2D eigenvalue weighted by molar-refractivity contribution is 0.177. The van der Waals surface area contributed by atoms with E-state index in [1.165, 1.54) is 0 Å². The number of hydrogen-bond acceptors (Lipinski definition) is 7. The van der Waals surface area contributed by atoms with Gasteiger partial charge in [0.1, 0.15) is 23.9 Å². The average molecular weight is 290 g/mol. The molecule has 3 N–H and O–H groups in total. The molecule has 0 amide bonds. The van der Waals surface area contributed by atoms with Gasteiger partial charge in [-0.2, -0.15) is 4.98 Å². The molecule has 0 unspecified atom stereocenters. The van der Waals surface area contributed by atoms with Crippen molar-refractivity contribution in [2.75, 3.05) is 19.1 Å². The van der Waals surface area contributed by atoms with Crippen LogP contribution in [-0.4, -0.2) is 23.7 Å². The SMILES string of the molecule is CCOc1cccc(Oc2cc(NN)nc(COC)n2)c1. The highest BCUT2D eigenvalue weighted by Gasteiger charge is 2.07. The molecule has 0 aliphatic heterocycles. The number of aromatic nitrogens is 2. The second kappa shape index (κ2) is 7.41. The lowest BCUT2D eigenvalue weighted by Crippen LogP contribution is -2.11. The molecule has 0 aliphatic rings. The molecule has 1 heterocycles. The summed E-state index contributed by atoms with van der Waals surface area (Å²) in [4.78, 5) is 8.40. The summed E-state index contributed by atoms with van der Waals surface area (Å²) in [5, 5.41) is 0. The van der Waals surface area contributed by atoms with E-state index in [1.54, 1.807) is 19.2 Å². The highest BCUT2D eigenvalue weighted by Crippen LogP contribution is 2.25. The molecule has 7 heteroatoms. The standard InChI is InChI=1S/C14H18N4O3/c1-3-20-10-5-4-6-11(7-10)21-14-8-12(18-15)16-13(17-14)9-19-2/h4-8H,3,9,15H2,1-2H3,(H,16,17,18). The third kappa shape index (κ3) is 4.30. The number of nitrogens with zero attached hydrogens (tertiary/aromatic N) is 2. The Bertz CT molecular complexity index is 592. The van der Waals surface area contributed by atoms with Crippen LogP contribution in [0.25, 0.3) is 0 Å². The van der Waals surface area contributed by atoms with Crippen molar-refractivity contribution in [1.82, 2.24) is 9.97 Å². The van der Waals surface area contributed by atoms with Crippen LogP contribution in [0.2, 0.25) is 0 Å². The maximum atomic E-state index is 5.71. The third-order valence-corrected chi connectivity index (χ3v) is 2.51. The number of nitrogens with two attached hydrogens (primary N) is 1. The summed E-state index contributed by atoms with van der Waals surface area (Å²) in [5.41, 5.74) is 2.47. The molecule has 2 rings (SSSR count). The molecule has 0 spiro atoms. The number of hydrazine groups is 1. The van der Waals surface area contributed by atoms with Gasteiger partial charge in [-0.15, -0.1) is 0 Å². The van der Waals surface area contributed by atoms with E-state index < -0.39 is 0 Å². The van der Waals surface area contributed by atoms with E-state index in [4.69, 9.17) is 20.1 Å². The fourth-order valence-corrected chi connectivity index (χ4v) is 1.71. The van der Waals surface area contributed by atoms with Crippen LogP contribution in [0.5, 0.6) is 17.4 Å². The monoisotopic (exact) mass is 290 g/mol. The van der Waals surface area contributed by atoms with Crippen LogP contribution in [0.15, 0.2) is 30.3 Å². The fourth-order valence-electron chi connectivity index (χ4n) is 1.71. The van der Waals surface area contributed by atoms with Crippen molar-refractivity contribution in [3.05, 3.63) is 36.2 Å². The zero-order chi connectivity index (χ0) is 15.1. The van der Waals surface area contributed by atoms with Crippen LogP contribution < -0.4 is 20.7 Å².